The number of hydrogen-bond donors (Lipinski definition) is 1. The Hall–Kier alpha value is -0.640. The Balaban J connectivity index is 3.86. The minimum atomic E-state index is -3.09. The Kier molecular flexibility index (Phi) is 7.30. The monoisotopic (exact) mass is 247 g/mol. The smallest absolute Gasteiger partial charge is 0.211 e. The summed E-state index contributed by atoms with van der Waals surface area (Å²) in [5.41, 5.74) is 0. The fourth-order valence-corrected chi connectivity index (χ4v) is 2.30. The third-order valence-electron chi connectivity index (χ3n) is 2.36. The highest BCUT2D eigenvalue weighted by Gasteiger charge is 2.13. The molecule has 94 valence electrons. The second-order valence-electron chi connectivity index (χ2n) is 3.65. The number of sulfonamides is 1. The fourth-order valence-electron chi connectivity index (χ4n) is 1.37. The molecule has 0 amide bonds. The molecule has 0 heterocycles. The number of nitriles is 1. The van der Waals surface area contributed by atoms with E-state index in [-0.39, 0.29) is 6.04 Å². The van der Waals surface area contributed by atoms with E-state index in [1.54, 1.807) is 0 Å². The number of nitrogens with one attached hydrogen (secondary N) is 1. The quantitative estimate of drug-likeness (QED) is 0.636. The standard InChI is InChI=1S/C10H21N3O2S/c1-4-10(9-11)12-7-6-8-13(5-2)16(3,14)15/h10,12H,4-8H2,1-3H3. The van der Waals surface area contributed by atoms with Crippen molar-refractivity contribution in [1.82, 2.24) is 9.62 Å². The van der Waals surface area contributed by atoms with Crippen molar-refractivity contribution in [2.75, 3.05) is 25.9 Å². The van der Waals surface area contributed by atoms with Gasteiger partial charge in [0.15, 0.2) is 0 Å². The highest BCUT2D eigenvalue weighted by atomic mass is 32.2. The van der Waals surface area contributed by atoms with E-state index in [9.17, 15) is 8.42 Å². The molecule has 0 aliphatic heterocycles. The zero-order chi connectivity index (χ0) is 12.6. The van der Waals surface area contributed by atoms with Crippen molar-refractivity contribution in [2.45, 2.75) is 32.7 Å². The van der Waals surface area contributed by atoms with Gasteiger partial charge in [0, 0.05) is 13.1 Å². The lowest BCUT2D eigenvalue weighted by Crippen LogP contribution is -2.34. The van der Waals surface area contributed by atoms with Crippen LogP contribution in [0.3, 0.4) is 0 Å². The van der Waals surface area contributed by atoms with Gasteiger partial charge in [0.1, 0.15) is 0 Å². The van der Waals surface area contributed by atoms with E-state index in [1.165, 1.54) is 10.6 Å². The predicted octanol–water partition coefficient (Wildman–Crippen LogP) is 0.550. The molecule has 0 aliphatic carbocycles. The summed E-state index contributed by atoms with van der Waals surface area (Å²) in [5, 5.41) is 11.8. The molecule has 0 aliphatic rings. The lowest BCUT2D eigenvalue weighted by molar-refractivity contribution is 0.415. The summed E-state index contributed by atoms with van der Waals surface area (Å²) in [7, 11) is -3.09. The van der Waals surface area contributed by atoms with Gasteiger partial charge in [-0.25, -0.2) is 12.7 Å². The fraction of sp³-hybridized carbons (Fsp3) is 0.900. The van der Waals surface area contributed by atoms with Crippen LogP contribution < -0.4 is 5.32 Å². The Labute approximate surface area is 98.5 Å². The van der Waals surface area contributed by atoms with E-state index in [4.69, 9.17) is 5.26 Å². The van der Waals surface area contributed by atoms with Gasteiger partial charge in [-0.1, -0.05) is 13.8 Å². The van der Waals surface area contributed by atoms with Crippen molar-refractivity contribution in [3.05, 3.63) is 0 Å². The molecular formula is C10H21N3O2S. The van der Waals surface area contributed by atoms with Gasteiger partial charge in [-0.2, -0.15) is 5.26 Å². The van der Waals surface area contributed by atoms with Crippen LogP contribution in [0.5, 0.6) is 0 Å². The van der Waals surface area contributed by atoms with E-state index >= 15 is 0 Å². The van der Waals surface area contributed by atoms with Gasteiger partial charge in [0.2, 0.25) is 10.0 Å². The van der Waals surface area contributed by atoms with Crippen molar-refractivity contribution in [2.24, 2.45) is 0 Å². The first-order valence-electron chi connectivity index (χ1n) is 5.53. The lowest BCUT2D eigenvalue weighted by atomic mass is 10.2. The van der Waals surface area contributed by atoms with E-state index in [2.05, 4.69) is 11.4 Å². The van der Waals surface area contributed by atoms with Gasteiger partial charge in [-0.3, -0.25) is 0 Å². The Morgan fingerprint density at radius 1 is 1.44 bits per heavy atom. The molecule has 0 rings (SSSR count). The molecule has 0 saturated carbocycles. The average molecular weight is 247 g/mol. The molecule has 0 bridgehead atoms. The molecule has 0 aromatic rings. The first-order chi connectivity index (χ1) is 7.45. The van der Waals surface area contributed by atoms with Crippen LogP contribution in [-0.4, -0.2) is 44.7 Å². The topological polar surface area (TPSA) is 73.2 Å². The molecule has 5 nitrogen and oxygen atoms in total. The SMILES string of the molecule is CCC(C#N)NCCCN(CC)S(C)(=O)=O. The summed E-state index contributed by atoms with van der Waals surface area (Å²) < 4.78 is 23.9. The van der Waals surface area contributed by atoms with Crippen molar-refractivity contribution >= 4 is 10.0 Å². The summed E-state index contributed by atoms with van der Waals surface area (Å²) in [6.45, 7) is 5.42. The summed E-state index contributed by atoms with van der Waals surface area (Å²) in [6, 6.07) is 2.01. The zero-order valence-corrected chi connectivity index (χ0v) is 11.0. The first kappa shape index (κ1) is 15.4. The second-order valence-corrected chi connectivity index (χ2v) is 5.63. The molecule has 0 spiro atoms. The maximum Gasteiger partial charge on any atom is 0.211 e. The summed E-state index contributed by atoms with van der Waals surface area (Å²) in [5.74, 6) is 0. The van der Waals surface area contributed by atoms with E-state index < -0.39 is 10.0 Å². The van der Waals surface area contributed by atoms with Crippen molar-refractivity contribution < 1.29 is 8.42 Å². The van der Waals surface area contributed by atoms with Gasteiger partial charge in [-0.15, -0.1) is 0 Å². The molecule has 16 heavy (non-hydrogen) atoms. The van der Waals surface area contributed by atoms with Crippen molar-refractivity contribution in [3.8, 4) is 6.07 Å². The average Bonchev–Trinajstić information content (AvgIpc) is 2.22. The number of hydrogen-bond acceptors (Lipinski definition) is 4. The van der Waals surface area contributed by atoms with Crippen LogP contribution in [0.15, 0.2) is 0 Å². The van der Waals surface area contributed by atoms with E-state index in [0.717, 1.165) is 12.8 Å². The van der Waals surface area contributed by atoms with Gasteiger partial charge < -0.3 is 5.32 Å². The van der Waals surface area contributed by atoms with Gasteiger partial charge in [0.25, 0.3) is 0 Å². The Morgan fingerprint density at radius 2 is 2.06 bits per heavy atom. The van der Waals surface area contributed by atoms with E-state index in [1.807, 2.05) is 13.8 Å². The molecule has 0 radical (unpaired) electrons. The third-order valence-corrected chi connectivity index (χ3v) is 3.74. The molecular weight excluding hydrogens is 226 g/mol. The molecule has 0 saturated heterocycles. The molecule has 1 unspecified atom stereocenters. The summed E-state index contributed by atoms with van der Waals surface area (Å²) >= 11 is 0. The first-order valence-corrected chi connectivity index (χ1v) is 7.38. The van der Waals surface area contributed by atoms with Gasteiger partial charge >= 0.3 is 0 Å². The van der Waals surface area contributed by atoms with Crippen LogP contribution in [0.25, 0.3) is 0 Å². The molecule has 0 aromatic heterocycles. The summed E-state index contributed by atoms with van der Waals surface area (Å²) in [6.07, 6.45) is 2.70. The van der Waals surface area contributed by atoms with Crippen molar-refractivity contribution in [1.29, 1.82) is 5.26 Å². The summed E-state index contributed by atoms with van der Waals surface area (Å²) in [4.78, 5) is 0. The maximum absolute atomic E-state index is 11.3. The minimum Gasteiger partial charge on any atom is -0.302 e. The molecule has 0 fully saturated rings. The van der Waals surface area contributed by atoms with E-state index in [0.29, 0.717) is 19.6 Å². The largest absolute Gasteiger partial charge is 0.302 e. The van der Waals surface area contributed by atoms with Crippen LogP contribution in [0, 0.1) is 11.3 Å². The highest BCUT2D eigenvalue weighted by molar-refractivity contribution is 7.88. The van der Waals surface area contributed by atoms with Crippen LogP contribution >= 0.6 is 0 Å². The van der Waals surface area contributed by atoms with Gasteiger partial charge in [-0.05, 0) is 19.4 Å². The Morgan fingerprint density at radius 3 is 2.44 bits per heavy atom. The molecule has 6 heteroatoms. The predicted molar refractivity (Wildman–Crippen MR) is 64.4 cm³/mol. The van der Waals surface area contributed by atoms with Crippen molar-refractivity contribution in [3.63, 3.8) is 0 Å². The lowest BCUT2D eigenvalue weighted by Gasteiger charge is -2.18. The van der Waals surface area contributed by atoms with Gasteiger partial charge in [0.05, 0.1) is 18.4 Å². The maximum atomic E-state index is 11.3. The molecule has 1 N–H and O–H groups in total. The number of nitrogens with zero attached hydrogens (tertiary/aromatic N) is 2. The molecule has 0 aromatic carbocycles. The van der Waals surface area contributed by atoms with Crippen LogP contribution in [0.1, 0.15) is 26.7 Å². The second kappa shape index (κ2) is 7.60. The third kappa shape index (κ3) is 6.05. The van der Waals surface area contributed by atoms with Crippen LogP contribution in [0.4, 0.5) is 0 Å². The van der Waals surface area contributed by atoms with Crippen LogP contribution in [-0.2, 0) is 10.0 Å². The minimum absolute atomic E-state index is 0.131. The zero-order valence-electron chi connectivity index (χ0n) is 10.2. The number of rotatable bonds is 8. The normalized spacial score (nSPS) is 13.7. The van der Waals surface area contributed by atoms with Crippen LogP contribution in [0.2, 0.25) is 0 Å². The Bertz CT molecular complexity index is 321. The highest BCUT2D eigenvalue weighted by Crippen LogP contribution is 1.98. The molecule has 1 atom stereocenters.